The van der Waals surface area contributed by atoms with Gasteiger partial charge in [-0.25, -0.2) is 0 Å². The van der Waals surface area contributed by atoms with Gasteiger partial charge in [-0.05, 0) is 6.42 Å². The van der Waals surface area contributed by atoms with Gasteiger partial charge in [-0.2, -0.15) is 0 Å². The summed E-state index contributed by atoms with van der Waals surface area (Å²) in [6.07, 6.45) is 23.6. The number of rotatable bonds is 18. The Labute approximate surface area is 162 Å². The minimum Gasteiger partial charge on any atom is -0.712 e. The van der Waals surface area contributed by atoms with E-state index in [0.29, 0.717) is 6.54 Å². The largest absolute Gasteiger partial charge is 1.00 e. The smallest absolute Gasteiger partial charge is 0.712 e. The van der Waals surface area contributed by atoms with Crippen molar-refractivity contribution >= 4 is 0 Å². The maximum Gasteiger partial charge on any atom is 1.00 e. The van der Waals surface area contributed by atoms with Crippen molar-refractivity contribution in [3.8, 4) is 0 Å². The topological polar surface area (TPSA) is 34.7 Å². The first-order valence-corrected chi connectivity index (χ1v) is 9.72. The Morgan fingerprint density at radius 2 is 0.773 bits per heavy atom. The van der Waals surface area contributed by atoms with Crippen molar-refractivity contribution in [3.05, 3.63) is 5.53 Å². The van der Waals surface area contributed by atoms with Crippen molar-refractivity contribution in [1.82, 2.24) is 0 Å². The molecule has 22 heavy (non-hydrogen) atoms. The Bertz CT molecular complexity index is 198. The summed E-state index contributed by atoms with van der Waals surface area (Å²) >= 11 is 0. The number of hydrogen-bond donors (Lipinski definition) is 0. The molecule has 0 fully saturated rings. The van der Waals surface area contributed by atoms with Gasteiger partial charge in [0.05, 0.1) is 0 Å². The molecular formula is C19H39N2Na. The van der Waals surface area contributed by atoms with Gasteiger partial charge in [-0.3, -0.25) is 0 Å². The molecule has 0 bridgehead atoms. The molecule has 0 amide bonds. The third-order valence-electron chi connectivity index (χ3n) is 4.36. The van der Waals surface area contributed by atoms with Crippen molar-refractivity contribution in [2.24, 2.45) is 5.11 Å². The standard InChI is InChI=1S/C19H39N2.Na/c1-2-3-4-5-6-7-8-9-10-11-12-13-14-15-16-17-18-19-21-20;/h2-19H2,1H3;/q-1;+1. The van der Waals surface area contributed by atoms with Gasteiger partial charge in [0.15, 0.2) is 0 Å². The molecule has 2 nitrogen and oxygen atoms in total. The second-order valence-corrected chi connectivity index (χ2v) is 6.52. The maximum atomic E-state index is 8.32. The Morgan fingerprint density at radius 3 is 1.05 bits per heavy atom. The van der Waals surface area contributed by atoms with Gasteiger partial charge >= 0.3 is 29.6 Å². The summed E-state index contributed by atoms with van der Waals surface area (Å²) in [4.78, 5) is 0. The zero-order chi connectivity index (χ0) is 15.4. The molecule has 0 aromatic heterocycles. The van der Waals surface area contributed by atoms with Crippen LogP contribution in [0.5, 0.6) is 0 Å². The van der Waals surface area contributed by atoms with E-state index in [1.165, 1.54) is 103 Å². The summed E-state index contributed by atoms with van der Waals surface area (Å²) in [6, 6.07) is 0. The molecule has 0 aromatic rings. The first-order chi connectivity index (χ1) is 10.4. The van der Waals surface area contributed by atoms with E-state index in [1.807, 2.05) is 0 Å². The molecule has 0 spiro atoms. The van der Waals surface area contributed by atoms with Crippen LogP contribution in [-0.2, 0) is 0 Å². The van der Waals surface area contributed by atoms with Crippen LogP contribution in [0.4, 0.5) is 0 Å². The van der Waals surface area contributed by atoms with Crippen LogP contribution in [0.25, 0.3) is 5.53 Å². The Balaban J connectivity index is 0. The van der Waals surface area contributed by atoms with Crippen LogP contribution < -0.4 is 29.6 Å². The summed E-state index contributed by atoms with van der Waals surface area (Å²) in [5.41, 5.74) is 8.32. The Hall–Kier alpha value is 0.600. The first kappa shape index (κ1) is 24.8. The van der Waals surface area contributed by atoms with Gasteiger partial charge < -0.3 is 10.6 Å². The second-order valence-electron chi connectivity index (χ2n) is 6.52. The SMILES string of the molecule is CCCCCCCCCCCCCCCCCCCN=[N-].[Na+]. The van der Waals surface area contributed by atoms with E-state index in [2.05, 4.69) is 12.0 Å². The number of unbranched alkanes of at least 4 members (excludes halogenated alkanes) is 16. The molecule has 0 aromatic carbocycles. The summed E-state index contributed by atoms with van der Waals surface area (Å²) in [5, 5.41) is 3.14. The van der Waals surface area contributed by atoms with Gasteiger partial charge in [0.25, 0.3) is 0 Å². The monoisotopic (exact) mass is 318 g/mol. The molecule has 0 heterocycles. The van der Waals surface area contributed by atoms with E-state index in [1.54, 1.807) is 0 Å². The van der Waals surface area contributed by atoms with E-state index in [4.69, 9.17) is 5.53 Å². The summed E-state index contributed by atoms with van der Waals surface area (Å²) in [7, 11) is 0. The van der Waals surface area contributed by atoms with Crippen LogP contribution in [0, 0.1) is 0 Å². The third-order valence-corrected chi connectivity index (χ3v) is 4.36. The van der Waals surface area contributed by atoms with Crippen LogP contribution in [0.3, 0.4) is 0 Å². The minimum absolute atomic E-state index is 0. The van der Waals surface area contributed by atoms with Gasteiger partial charge in [0.1, 0.15) is 0 Å². The van der Waals surface area contributed by atoms with E-state index in [0.717, 1.165) is 6.42 Å². The van der Waals surface area contributed by atoms with Crippen molar-refractivity contribution < 1.29 is 29.6 Å². The molecule has 0 saturated heterocycles. The van der Waals surface area contributed by atoms with Gasteiger partial charge in [-0.15, -0.1) is 0 Å². The van der Waals surface area contributed by atoms with E-state index >= 15 is 0 Å². The van der Waals surface area contributed by atoms with Crippen LogP contribution in [0.15, 0.2) is 5.11 Å². The third kappa shape index (κ3) is 22.9. The van der Waals surface area contributed by atoms with E-state index in [-0.39, 0.29) is 29.6 Å². The number of hydrogen-bond acceptors (Lipinski definition) is 1. The zero-order valence-electron chi connectivity index (χ0n) is 15.6. The minimum atomic E-state index is 0. The quantitative estimate of drug-likeness (QED) is 0.200. The molecular weight excluding hydrogens is 279 g/mol. The molecule has 0 N–H and O–H groups in total. The molecule has 3 heteroatoms. The predicted molar refractivity (Wildman–Crippen MR) is 94.8 cm³/mol. The molecule has 0 unspecified atom stereocenters. The van der Waals surface area contributed by atoms with Crippen LogP contribution >= 0.6 is 0 Å². The van der Waals surface area contributed by atoms with Crippen LogP contribution in [0.2, 0.25) is 0 Å². The van der Waals surface area contributed by atoms with Gasteiger partial charge in [0.2, 0.25) is 0 Å². The van der Waals surface area contributed by atoms with Crippen LogP contribution in [0.1, 0.15) is 116 Å². The van der Waals surface area contributed by atoms with Crippen molar-refractivity contribution in [3.63, 3.8) is 0 Å². The summed E-state index contributed by atoms with van der Waals surface area (Å²) in [5.74, 6) is 0. The molecule has 0 saturated carbocycles. The van der Waals surface area contributed by atoms with Gasteiger partial charge in [0, 0.05) is 6.54 Å². The Morgan fingerprint density at radius 1 is 0.500 bits per heavy atom. The fourth-order valence-corrected chi connectivity index (χ4v) is 2.91. The molecule has 126 valence electrons. The predicted octanol–water partition coefficient (Wildman–Crippen LogP) is 4.66. The van der Waals surface area contributed by atoms with Crippen molar-refractivity contribution in [2.45, 2.75) is 116 Å². The second kappa shape index (κ2) is 23.9. The molecule has 0 aliphatic heterocycles. The fraction of sp³-hybridized carbons (Fsp3) is 1.00. The molecule has 0 atom stereocenters. The average molecular weight is 319 g/mol. The van der Waals surface area contributed by atoms with Crippen molar-refractivity contribution in [2.75, 3.05) is 6.54 Å². The maximum absolute atomic E-state index is 8.32. The zero-order valence-corrected chi connectivity index (χ0v) is 17.6. The number of nitrogens with zero attached hydrogens (tertiary/aromatic N) is 2. The molecule has 0 rings (SSSR count). The van der Waals surface area contributed by atoms with Crippen LogP contribution in [-0.4, -0.2) is 6.54 Å². The molecule has 0 aliphatic carbocycles. The van der Waals surface area contributed by atoms with Gasteiger partial charge in [-0.1, -0.05) is 110 Å². The molecule has 0 radical (unpaired) electrons. The van der Waals surface area contributed by atoms with E-state index < -0.39 is 0 Å². The normalized spacial score (nSPS) is 10.4. The summed E-state index contributed by atoms with van der Waals surface area (Å²) < 4.78 is 0. The summed E-state index contributed by atoms with van der Waals surface area (Å²) in [6.45, 7) is 2.91. The average Bonchev–Trinajstić information content (AvgIpc) is 2.50. The molecule has 0 aliphatic rings. The van der Waals surface area contributed by atoms with Crippen molar-refractivity contribution in [1.29, 1.82) is 0 Å². The van der Waals surface area contributed by atoms with E-state index in [9.17, 15) is 0 Å². The Kier molecular flexibility index (Phi) is 26.9. The fourth-order valence-electron chi connectivity index (χ4n) is 2.91. The first-order valence-electron chi connectivity index (χ1n) is 9.72.